The molecule has 0 unspecified atom stereocenters. The van der Waals surface area contributed by atoms with Crippen molar-refractivity contribution in [2.24, 2.45) is 18.4 Å². The minimum atomic E-state index is 0.592. The van der Waals surface area contributed by atoms with Crippen LogP contribution in [0.3, 0.4) is 0 Å². The molecular formula is C26H40N6O. The van der Waals surface area contributed by atoms with Crippen molar-refractivity contribution in [3.63, 3.8) is 0 Å². The average Bonchev–Trinajstić information content (AvgIpc) is 3.28. The van der Waals surface area contributed by atoms with Crippen LogP contribution < -0.4 is 20.7 Å². The topological polar surface area (TPSA) is 71.6 Å². The average molecular weight is 453 g/mol. The SMILES string of the molecule is COc1cc(N2CCC(CN3CCC4(CCCNC4)CC3)CC2)c(-c2cnn(C)c2)cc1N. The zero-order chi connectivity index (χ0) is 22.8. The zero-order valence-electron chi connectivity index (χ0n) is 20.4. The van der Waals surface area contributed by atoms with Crippen LogP contribution in [-0.2, 0) is 7.05 Å². The van der Waals surface area contributed by atoms with E-state index in [0.717, 1.165) is 35.9 Å². The fourth-order valence-electron chi connectivity index (χ4n) is 6.20. The molecule has 7 heteroatoms. The lowest BCUT2D eigenvalue weighted by molar-refractivity contribution is 0.0673. The molecule has 0 amide bonds. The molecule has 5 rings (SSSR count). The summed E-state index contributed by atoms with van der Waals surface area (Å²) >= 11 is 0. The number of hydrogen-bond acceptors (Lipinski definition) is 6. The van der Waals surface area contributed by atoms with E-state index in [2.05, 4.69) is 32.5 Å². The number of rotatable bonds is 5. The van der Waals surface area contributed by atoms with Gasteiger partial charge in [-0.2, -0.15) is 5.10 Å². The molecule has 7 nitrogen and oxygen atoms in total. The highest BCUT2D eigenvalue weighted by Crippen LogP contribution is 2.40. The number of hydrogen-bond donors (Lipinski definition) is 2. The first-order valence-electron chi connectivity index (χ1n) is 12.7. The third-order valence-corrected chi connectivity index (χ3v) is 8.31. The Labute approximate surface area is 198 Å². The summed E-state index contributed by atoms with van der Waals surface area (Å²) in [4.78, 5) is 5.26. The monoisotopic (exact) mass is 452 g/mol. The highest BCUT2D eigenvalue weighted by molar-refractivity contribution is 5.83. The molecule has 3 N–H and O–H groups in total. The molecule has 0 radical (unpaired) electrons. The summed E-state index contributed by atoms with van der Waals surface area (Å²) in [5.74, 6) is 1.54. The Morgan fingerprint density at radius 3 is 2.58 bits per heavy atom. The molecule has 0 bridgehead atoms. The number of ether oxygens (including phenoxy) is 1. The van der Waals surface area contributed by atoms with Gasteiger partial charge < -0.3 is 25.6 Å². The van der Waals surface area contributed by atoms with Gasteiger partial charge in [0, 0.05) is 62.3 Å². The number of nitrogen functional groups attached to an aromatic ring is 1. The Morgan fingerprint density at radius 2 is 1.94 bits per heavy atom. The molecule has 3 saturated heterocycles. The number of methoxy groups -OCH3 is 1. The predicted octanol–water partition coefficient (Wildman–Crippen LogP) is 3.36. The van der Waals surface area contributed by atoms with Gasteiger partial charge in [-0.15, -0.1) is 0 Å². The van der Waals surface area contributed by atoms with Gasteiger partial charge in [0.25, 0.3) is 0 Å². The van der Waals surface area contributed by atoms with E-state index >= 15 is 0 Å². The number of nitrogens with two attached hydrogens (primary N) is 1. The summed E-state index contributed by atoms with van der Waals surface area (Å²) in [5, 5.41) is 8.02. The van der Waals surface area contributed by atoms with Crippen molar-refractivity contribution in [3.8, 4) is 16.9 Å². The molecule has 180 valence electrons. The van der Waals surface area contributed by atoms with E-state index in [4.69, 9.17) is 10.5 Å². The number of aryl methyl sites for hydroxylation is 1. The number of piperidine rings is 3. The second-order valence-electron chi connectivity index (χ2n) is 10.5. The molecule has 4 heterocycles. The van der Waals surface area contributed by atoms with Crippen molar-refractivity contribution in [1.29, 1.82) is 0 Å². The highest BCUT2D eigenvalue weighted by Gasteiger charge is 2.36. The van der Waals surface area contributed by atoms with Crippen molar-refractivity contribution < 1.29 is 4.74 Å². The number of likely N-dealkylation sites (tertiary alicyclic amines) is 1. The number of nitrogens with zero attached hydrogens (tertiary/aromatic N) is 4. The van der Waals surface area contributed by atoms with Gasteiger partial charge in [-0.1, -0.05) is 0 Å². The Balaban J connectivity index is 1.21. The van der Waals surface area contributed by atoms with Crippen LogP contribution in [0, 0.1) is 11.3 Å². The lowest BCUT2D eigenvalue weighted by atomic mass is 9.73. The van der Waals surface area contributed by atoms with Crippen LogP contribution in [0.25, 0.3) is 11.1 Å². The number of benzene rings is 1. The van der Waals surface area contributed by atoms with Crippen LogP contribution in [0.4, 0.5) is 11.4 Å². The summed E-state index contributed by atoms with van der Waals surface area (Å²) in [6, 6.07) is 4.15. The van der Waals surface area contributed by atoms with E-state index in [1.54, 1.807) is 7.11 Å². The van der Waals surface area contributed by atoms with Crippen LogP contribution in [0.5, 0.6) is 5.75 Å². The fraction of sp³-hybridized carbons (Fsp3) is 0.654. The van der Waals surface area contributed by atoms with E-state index in [-0.39, 0.29) is 0 Å². The second kappa shape index (κ2) is 9.55. The van der Waals surface area contributed by atoms with Gasteiger partial charge >= 0.3 is 0 Å². The van der Waals surface area contributed by atoms with Gasteiger partial charge in [-0.25, -0.2) is 0 Å². The summed E-state index contributed by atoms with van der Waals surface area (Å²) in [6.45, 7) is 8.43. The maximum absolute atomic E-state index is 6.27. The number of aromatic nitrogens is 2. The molecule has 0 atom stereocenters. The lowest BCUT2D eigenvalue weighted by Gasteiger charge is -2.45. The van der Waals surface area contributed by atoms with E-state index in [1.807, 2.05) is 24.0 Å². The second-order valence-corrected chi connectivity index (χ2v) is 10.5. The predicted molar refractivity (Wildman–Crippen MR) is 135 cm³/mol. The van der Waals surface area contributed by atoms with E-state index in [9.17, 15) is 0 Å². The standard InChI is InChI=1S/C26H40N6O/c1-30-18-21(16-29-30)22-14-23(27)25(33-2)15-24(22)32-10-4-20(5-11-32)17-31-12-7-26(8-13-31)6-3-9-28-19-26/h14-16,18,20,28H,3-13,17,19,27H2,1-2H3. The van der Waals surface area contributed by atoms with Gasteiger partial charge in [0.2, 0.25) is 0 Å². The lowest BCUT2D eigenvalue weighted by Crippen LogP contribution is -2.49. The highest BCUT2D eigenvalue weighted by atomic mass is 16.5. The Morgan fingerprint density at radius 1 is 1.15 bits per heavy atom. The normalized spacial score (nSPS) is 22.1. The maximum Gasteiger partial charge on any atom is 0.143 e. The summed E-state index contributed by atoms with van der Waals surface area (Å²) in [5.41, 5.74) is 11.0. The van der Waals surface area contributed by atoms with E-state index < -0.39 is 0 Å². The number of nitrogens with one attached hydrogen (secondary N) is 1. The maximum atomic E-state index is 6.27. The Bertz CT molecular complexity index is 932. The molecule has 3 aliphatic rings. The van der Waals surface area contributed by atoms with Crippen molar-refractivity contribution in [3.05, 3.63) is 24.5 Å². The zero-order valence-corrected chi connectivity index (χ0v) is 20.4. The summed E-state index contributed by atoms with van der Waals surface area (Å²) in [6.07, 6.45) is 12.0. The minimum Gasteiger partial charge on any atom is -0.495 e. The number of anilines is 2. The Hall–Kier alpha value is -2.25. The molecule has 1 spiro atoms. The van der Waals surface area contributed by atoms with Crippen molar-refractivity contribution in [1.82, 2.24) is 20.0 Å². The van der Waals surface area contributed by atoms with Crippen molar-refractivity contribution >= 4 is 11.4 Å². The third-order valence-electron chi connectivity index (χ3n) is 8.31. The van der Waals surface area contributed by atoms with Crippen LogP contribution >= 0.6 is 0 Å². The first kappa shape index (κ1) is 22.5. The first-order chi connectivity index (χ1) is 16.0. The third kappa shape index (κ3) is 4.85. The molecule has 1 aromatic carbocycles. The molecule has 3 aliphatic heterocycles. The van der Waals surface area contributed by atoms with Gasteiger partial charge in [-0.05, 0) is 75.6 Å². The van der Waals surface area contributed by atoms with Crippen molar-refractivity contribution in [2.75, 3.05) is 63.6 Å². The van der Waals surface area contributed by atoms with Crippen LogP contribution in [0.15, 0.2) is 24.5 Å². The van der Waals surface area contributed by atoms with Crippen molar-refractivity contribution in [2.45, 2.75) is 38.5 Å². The summed E-state index contributed by atoms with van der Waals surface area (Å²) < 4.78 is 7.40. The molecule has 0 aliphatic carbocycles. The Kier molecular flexibility index (Phi) is 6.52. The van der Waals surface area contributed by atoms with E-state index in [1.165, 1.54) is 76.9 Å². The largest absolute Gasteiger partial charge is 0.495 e. The van der Waals surface area contributed by atoms with E-state index in [0.29, 0.717) is 11.1 Å². The molecule has 1 aromatic heterocycles. The quantitative estimate of drug-likeness (QED) is 0.678. The smallest absolute Gasteiger partial charge is 0.143 e. The first-order valence-corrected chi connectivity index (χ1v) is 12.7. The molecule has 2 aromatic rings. The van der Waals surface area contributed by atoms with Gasteiger partial charge in [-0.3, -0.25) is 4.68 Å². The molecular weight excluding hydrogens is 412 g/mol. The molecule has 33 heavy (non-hydrogen) atoms. The molecule has 0 saturated carbocycles. The van der Waals surface area contributed by atoms with Gasteiger partial charge in [0.1, 0.15) is 5.75 Å². The van der Waals surface area contributed by atoms with Crippen LogP contribution in [0.1, 0.15) is 38.5 Å². The fourth-order valence-corrected chi connectivity index (χ4v) is 6.20. The summed E-state index contributed by atoms with van der Waals surface area (Å²) in [7, 11) is 3.65. The van der Waals surface area contributed by atoms with Crippen LogP contribution in [-0.4, -0.2) is 67.6 Å². The minimum absolute atomic E-state index is 0.592. The van der Waals surface area contributed by atoms with Gasteiger partial charge in [0.15, 0.2) is 0 Å². The van der Waals surface area contributed by atoms with Crippen LogP contribution in [0.2, 0.25) is 0 Å². The molecule has 3 fully saturated rings. The van der Waals surface area contributed by atoms with Gasteiger partial charge in [0.05, 0.1) is 19.0 Å².